The number of nitrogen functional groups attached to an aromatic ring is 1. The SMILES string of the molecule is COc1ccc2ccccc2c1/C=N/NC(=O)Cc1nnc(N)s1. The quantitative estimate of drug-likeness (QED) is 0.546. The summed E-state index contributed by atoms with van der Waals surface area (Å²) in [6, 6.07) is 11.7. The number of aromatic nitrogens is 2. The molecule has 7 nitrogen and oxygen atoms in total. The highest BCUT2D eigenvalue weighted by Crippen LogP contribution is 2.26. The summed E-state index contributed by atoms with van der Waals surface area (Å²) in [6.07, 6.45) is 1.66. The third-order valence-corrected chi connectivity index (χ3v) is 4.08. The summed E-state index contributed by atoms with van der Waals surface area (Å²) in [6.45, 7) is 0. The van der Waals surface area contributed by atoms with Crippen LogP contribution in [0.5, 0.6) is 5.75 Å². The van der Waals surface area contributed by atoms with E-state index in [9.17, 15) is 4.79 Å². The number of nitrogens with zero attached hydrogens (tertiary/aromatic N) is 3. The smallest absolute Gasteiger partial charge is 0.247 e. The van der Waals surface area contributed by atoms with Crippen LogP contribution in [0.3, 0.4) is 0 Å². The van der Waals surface area contributed by atoms with Gasteiger partial charge in [-0.1, -0.05) is 41.7 Å². The fourth-order valence-electron chi connectivity index (χ4n) is 2.27. The van der Waals surface area contributed by atoms with Crippen LogP contribution in [0.1, 0.15) is 10.6 Å². The fourth-order valence-corrected chi connectivity index (χ4v) is 2.88. The molecule has 0 bridgehead atoms. The van der Waals surface area contributed by atoms with Gasteiger partial charge in [-0.2, -0.15) is 5.10 Å². The topological polar surface area (TPSA) is 102 Å². The summed E-state index contributed by atoms with van der Waals surface area (Å²) in [4.78, 5) is 11.9. The molecule has 0 atom stereocenters. The van der Waals surface area contributed by atoms with Gasteiger partial charge in [-0.3, -0.25) is 4.79 Å². The van der Waals surface area contributed by atoms with Gasteiger partial charge in [0.15, 0.2) is 0 Å². The predicted molar refractivity (Wildman–Crippen MR) is 94.3 cm³/mol. The van der Waals surface area contributed by atoms with Crippen LogP contribution in [-0.2, 0) is 11.2 Å². The number of rotatable bonds is 5. The lowest BCUT2D eigenvalue weighted by Gasteiger charge is -2.08. The van der Waals surface area contributed by atoms with E-state index in [0.717, 1.165) is 16.3 Å². The van der Waals surface area contributed by atoms with Crippen molar-refractivity contribution in [2.45, 2.75) is 6.42 Å². The van der Waals surface area contributed by atoms with Gasteiger partial charge in [-0.15, -0.1) is 10.2 Å². The van der Waals surface area contributed by atoms with Crippen molar-refractivity contribution in [1.82, 2.24) is 15.6 Å². The van der Waals surface area contributed by atoms with Crippen molar-refractivity contribution in [2.75, 3.05) is 12.8 Å². The molecule has 1 aromatic heterocycles. The molecule has 2 aromatic carbocycles. The van der Waals surface area contributed by atoms with E-state index in [1.54, 1.807) is 13.3 Å². The van der Waals surface area contributed by atoms with Gasteiger partial charge in [0.25, 0.3) is 0 Å². The zero-order valence-corrected chi connectivity index (χ0v) is 13.7. The summed E-state index contributed by atoms with van der Waals surface area (Å²) in [5.41, 5.74) is 8.76. The van der Waals surface area contributed by atoms with Crippen molar-refractivity contribution in [1.29, 1.82) is 0 Å². The molecule has 0 aliphatic carbocycles. The van der Waals surface area contributed by atoms with Gasteiger partial charge in [-0.25, -0.2) is 5.43 Å². The third kappa shape index (κ3) is 3.49. The Morgan fingerprint density at radius 1 is 1.33 bits per heavy atom. The monoisotopic (exact) mass is 341 g/mol. The van der Waals surface area contributed by atoms with Gasteiger partial charge in [0.2, 0.25) is 11.0 Å². The lowest BCUT2D eigenvalue weighted by molar-refractivity contribution is -0.120. The van der Waals surface area contributed by atoms with E-state index in [2.05, 4.69) is 20.7 Å². The van der Waals surface area contributed by atoms with Gasteiger partial charge >= 0.3 is 0 Å². The Bertz CT molecular complexity index is 906. The molecule has 3 N–H and O–H groups in total. The molecule has 122 valence electrons. The second kappa shape index (κ2) is 7.05. The van der Waals surface area contributed by atoms with Crippen molar-refractivity contribution >= 4 is 39.4 Å². The first-order valence-electron chi connectivity index (χ1n) is 7.13. The van der Waals surface area contributed by atoms with Crippen LogP contribution in [0.4, 0.5) is 5.13 Å². The molecule has 1 heterocycles. The Hall–Kier alpha value is -3.00. The second-order valence-corrected chi connectivity index (χ2v) is 6.00. The number of amides is 1. The van der Waals surface area contributed by atoms with Crippen molar-refractivity contribution < 1.29 is 9.53 Å². The van der Waals surface area contributed by atoms with Gasteiger partial charge in [0.1, 0.15) is 10.8 Å². The first-order chi connectivity index (χ1) is 11.7. The molecular weight excluding hydrogens is 326 g/mol. The zero-order valence-electron chi connectivity index (χ0n) is 12.9. The molecule has 0 saturated heterocycles. The van der Waals surface area contributed by atoms with Crippen LogP contribution in [0.2, 0.25) is 0 Å². The molecular formula is C16H15N5O2S. The van der Waals surface area contributed by atoms with Crippen LogP contribution in [0, 0.1) is 0 Å². The Kier molecular flexibility index (Phi) is 4.66. The number of hydrogen-bond donors (Lipinski definition) is 2. The maximum atomic E-state index is 11.9. The number of nitrogens with two attached hydrogens (primary N) is 1. The first kappa shape index (κ1) is 15.9. The molecule has 8 heteroatoms. The normalized spacial score (nSPS) is 11.0. The van der Waals surface area contributed by atoms with Crippen molar-refractivity contribution in [3.63, 3.8) is 0 Å². The number of benzene rings is 2. The molecule has 3 aromatic rings. The van der Waals surface area contributed by atoms with Crippen molar-refractivity contribution in [3.05, 3.63) is 47.0 Å². The van der Waals surface area contributed by atoms with E-state index in [4.69, 9.17) is 10.5 Å². The number of methoxy groups -OCH3 is 1. The summed E-state index contributed by atoms with van der Waals surface area (Å²) < 4.78 is 5.37. The van der Waals surface area contributed by atoms with Gasteiger partial charge in [-0.05, 0) is 16.8 Å². The second-order valence-electron chi connectivity index (χ2n) is 4.91. The number of ether oxygens (including phenoxy) is 1. The highest BCUT2D eigenvalue weighted by atomic mass is 32.1. The summed E-state index contributed by atoms with van der Waals surface area (Å²) in [7, 11) is 1.60. The number of anilines is 1. The fraction of sp³-hybridized carbons (Fsp3) is 0.125. The summed E-state index contributed by atoms with van der Waals surface area (Å²) in [5, 5.41) is 14.4. The zero-order chi connectivity index (χ0) is 16.9. The van der Waals surface area contributed by atoms with E-state index in [0.29, 0.717) is 15.9 Å². The summed E-state index contributed by atoms with van der Waals surface area (Å²) in [5.74, 6) is 0.394. The van der Waals surface area contributed by atoms with Crippen molar-refractivity contribution in [3.8, 4) is 5.75 Å². The lowest BCUT2D eigenvalue weighted by Crippen LogP contribution is -2.19. The highest BCUT2D eigenvalue weighted by molar-refractivity contribution is 7.15. The van der Waals surface area contributed by atoms with Gasteiger partial charge in [0, 0.05) is 5.56 Å². The average Bonchev–Trinajstić information content (AvgIpc) is 2.99. The van der Waals surface area contributed by atoms with Crippen LogP contribution in [-0.4, -0.2) is 29.4 Å². The number of carbonyl (C=O) groups is 1. The Labute approximate surface area is 142 Å². The van der Waals surface area contributed by atoms with Gasteiger partial charge in [0.05, 0.1) is 19.7 Å². The van der Waals surface area contributed by atoms with E-state index in [1.807, 2.05) is 36.4 Å². The largest absolute Gasteiger partial charge is 0.496 e. The minimum absolute atomic E-state index is 0.0822. The highest BCUT2D eigenvalue weighted by Gasteiger charge is 2.08. The van der Waals surface area contributed by atoms with Crippen LogP contribution < -0.4 is 15.9 Å². The number of hydrazone groups is 1. The van der Waals surface area contributed by atoms with E-state index in [1.165, 1.54) is 11.3 Å². The Morgan fingerprint density at radius 3 is 2.92 bits per heavy atom. The standard InChI is InChI=1S/C16H15N5O2S/c1-23-13-7-6-10-4-2-3-5-11(10)12(13)9-18-19-14(22)8-15-20-21-16(17)24-15/h2-7,9H,8H2,1H3,(H2,17,21)(H,19,22)/b18-9+. The molecule has 1 amide bonds. The van der Waals surface area contributed by atoms with Crippen molar-refractivity contribution in [2.24, 2.45) is 5.10 Å². The molecule has 24 heavy (non-hydrogen) atoms. The van der Waals surface area contributed by atoms with E-state index >= 15 is 0 Å². The predicted octanol–water partition coefficient (Wildman–Crippen LogP) is 1.97. The Morgan fingerprint density at radius 2 is 2.17 bits per heavy atom. The number of carbonyl (C=O) groups excluding carboxylic acids is 1. The number of hydrogen-bond acceptors (Lipinski definition) is 7. The van der Waals surface area contributed by atoms with Crippen LogP contribution >= 0.6 is 11.3 Å². The minimum Gasteiger partial charge on any atom is -0.496 e. The minimum atomic E-state index is -0.290. The van der Waals surface area contributed by atoms with E-state index in [-0.39, 0.29) is 12.3 Å². The number of fused-ring (bicyclic) bond motifs is 1. The Balaban J connectivity index is 1.76. The maximum Gasteiger partial charge on any atom is 0.247 e. The molecule has 0 fully saturated rings. The molecule has 0 saturated carbocycles. The molecule has 0 spiro atoms. The summed E-state index contributed by atoms with van der Waals surface area (Å²) >= 11 is 1.18. The third-order valence-electron chi connectivity index (χ3n) is 3.33. The number of nitrogens with one attached hydrogen (secondary N) is 1. The van der Waals surface area contributed by atoms with Crippen LogP contribution in [0.15, 0.2) is 41.5 Å². The van der Waals surface area contributed by atoms with Gasteiger partial charge < -0.3 is 10.5 Å². The maximum absolute atomic E-state index is 11.9. The van der Waals surface area contributed by atoms with E-state index < -0.39 is 0 Å². The average molecular weight is 341 g/mol. The molecule has 0 aliphatic rings. The molecule has 0 unspecified atom stereocenters. The first-order valence-corrected chi connectivity index (χ1v) is 7.94. The molecule has 3 rings (SSSR count). The lowest BCUT2D eigenvalue weighted by atomic mass is 10.0. The van der Waals surface area contributed by atoms with Crippen LogP contribution in [0.25, 0.3) is 10.8 Å². The molecule has 0 aliphatic heterocycles. The molecule has 0 radical (unpaired) electrons.